The van der Waals surface area contributed by atoms with E-state index in [0.717, 1.165) is 11.3 Å². The van der Waals surface area contributed by atoms with Gasteiger partial charge in [0.15, 0.2) is 0 Å². The lowest BCUT2D eigenvalue weighted by Crippen LogP contribution is -2.17. The number of benzene rings is 2. The van der Waals surface area contributed by atoms with E-state index < -0.39 is 0 Å². The molecule has 100 valence electrons. The van der Waals surface area contributed by atoms with Gasteiger partial charge in [0.1, 0.15) is 11.5 Å². The van der Waals surface area contributed by atoms with Gasteiger partial charge in [-0.2, -0.15) is 0 Å². The number of hydrogen-bond donors (Lipinski definition) is 1. The second-order valence-electron chi connectivity index (χ2n) is 4.64. The lowest BCUT2D eigenvalue weighted by atomic mass is 10.1. The highest BCUT2D eigenvalue weighted by Crippen LogP contribution is 2.26. The average Bonchev–Trinajstić information content (AvgIpc) is 2.41. The molecule has 2 aromatic carbocycles. The summed E-state index contributed by atoms with van der Waals surface area (Å²) >= 11 is 0. The number of phenols is 1. The summed E-state index contributed by atoms with van der Waals surface area (Å²) in [5.41, 5.74) is 3.27. The van der Waals surface area contributed by atoms with E-state index in [9.17, 15) is 5.11 Å². The molecule has 0 fully saturated rings. The van der Waals surface area contributed by atoms with Crippen LogP contribution >= 0.6 is 0 Å². The van der Waals surface area contributed by atoms with E-state index in [1.54, 1.807) is 13.2 Å². The molecule has 0 aliphatic carbocycles. The van der Waals surface area contributed by atoms with E-state index >= 15 is 0 Å². The third-order valence-corrected chi connectivity index (χ3v) is 3.23. The molecule has 0 bridgehead atoms. The zero-order chi connectivity index (χ0) is 13.8. The summed E-state index contributed by atoms with van der Waals surface area (Å²) in [5.74, 6) is 0.930. The Morgan fingerprint density at radius 2 is 1.89 bits per heavy atom. The smallest absolute Gasteiger partial charge is 0.124 e. The molecule has 2 aromatic rings. The predicted octanol–water partition coefficient (Wildman–Crippen LogP) is 3.35. The van der Waals surface area contributed by atoms with Crippen LogP contribution in [-0.4, -0.2) is 19.3 Å². The highest BCUT2D eigenvalue weighted by atomic mass is 16.5. The summed E-state index contributed by atoms with van der Waals surface area (Å²) in [4.78, 5) is 2.12. The molecular formula is C16H19NO2. The van der Waals surface area contributed by atoms with Crippen LogP contribution in [0.5, 0.6) is 11.5 Å². The normalized spacial score (nSPS) is 10.3. The number of aryl methyl sites for hydroxylation is 1. The molecule has 0 amide bonds. The maximum absolute atomic E-state index is 9.98. The molecule has 0 aliphatic rings. The topological polar surface area (TPSA) is 32.7 Å². The summed E-state index contributed by atoms with van der Waals surface area (Å²) in [7, 11) is 3.61. The first-order chi connectivity index (χ1) is 9.11. The van der Waals surface area contributed by atoms with Gasteiger partial charge < -0.3 is 14.7 Å². The molecule has 1 N–H and O–H groups in total. The number of phenolic OH excluding ortho intramolecular Hbond substituents is 1. The molecule has 0 aromatic heterocycles. The Morgan fingerprint density at radius 3 is 2.53 bits per heavy atom. The van der Waals surface area contributed by atoms with Crippen molar-refractivity contribution >= 4 is 5.69 Å². The Labute approximate surface area is 114 Å². The number of anilines is 1. The van der Waals surface area contributed by atoms with Crippen molar-refractivity contribution in [3.8, 4) is 11.5 Å². The van der Waals surface area contributed by atoms with Crippen LogP contribution in [0.2, 0.25) is 0 Å². The lowest BCUT2D eigenvalue weighted by molar-refractivity contribution is 0.406. The number of rotatable bonds is 4. The maximum Gasteiger partial charge on any atom is 0.124 e. The first-order valence-corrected chi connectivity index (χ1v) is 6.24. The minimum Gasteiger partial charge on any atom is -0.507 e. The molecule has 0 spiro atoms. The summed E-state index contributed by atoms with van der Waals surface area (Å²) in [6.07, 6.45) is 0. The third-order valence-electron chi connectivity index (χ3n) is 3.23. The Balaban J connectivity index is 2.19. The standard InChI is InChI=1S/C16H19NO2/c1-12-6-4-5-7-15(12)17(2)11-13-8-9-14(19-3)10-16(13)18/h4-10,18H,11H2,1-3H3. The van der Waals surface area contributed by atoms with Gasteiger partial charge in [-0.25, -0.2) is 0 Å². The van der Waals surface area contributed by atoms with Gasteiger partial charge in [-0.1, -0.05) is 18.2 Å². The molecule has 2 rings (SSSR count). The monoisotopic (exact) mass is 257 g/mol. The first-order valence-electron chi connectivity index (χ1n) is 6.24. The van der Waals surface area contributed by atoms with Crippen molar-refractivity contribution in [2.45, 2.75) is 13.5 Å². The van der Waals surface area contributed by atoms with Crippen molar-refractivity contribution in [3.63, 3.8) is 0 Å². The molecule has 0 unspecified atom stereocenters. The van der Waals surface area contributed by atoms with E-state index in [4.69, 9.17) is 4.74 Å². The van der Waals surface area contributed by atoms with Crippen molar-refractivity contribution in [1.29, 1.82) is 0 Å². The predicted molar refractivity (Wildman–Crippen MR) is 77.9 cm³/mol. The quantitative estimate of drug-likeness (QED) is 0.911. The summed E-state index contributed by atoms with van der Waals surface area (Å²) < 4.78 is 5.09. The number of aromatic hydroxyl groups is 1. The number of para-hydroxylation sites is 1. The highest BCUT2D eigenvalue weighted by Gasteiger charge is 2.08. The average molecular weight is 257 g/mol. The Kier molecular flexibility index (Phi) is 3.95. The minimum atomic E-state index is 0.264. The van der Waals surface area contributed by atoms with Crippen molar-refractivity contribution in [2.24, 2.45) is 0 Å². The molecule has 0 heterocycles. The van der Waals surface area contributed by atoms with Crippen LogP contribution in [0.25, 0.3) is 0 Å². The van der Waals surface area contributed by atoms with Crippen LogP contribution < -0.4 is 9.64 Å². The van der Waals surface area contributed by atoms with Crippen LogP contribution in [-0.2, 0) is 6.54 Å². The molecule has 3 nitrogen and oxygen atoms in total. The largest absolute Gasteiger partial charge is 0.507 e. The third kappa shape index (κ3) is 2.99. The number of hydrogen-bond acceptors (Lipinski definition) is 3. The molecule has 0 saturated carbocycles. The molecule has 3 heteroatoms. The molecule has 19 heavy (non-hydrogen) atoms. The number of nitrogens with zero attached hydrogens (tertiary/aromatic N) is 1. The second-order valence-corrected chi connectivity index (χ2v) is 4.64. The summed E-state index contributed by atoms with van der Waals surface area (Å²) in [5, 5.41) is 9.98. The first kappa shape index (κ1) is 13.3. The van der Waals surface area contributed by atoms with Crippen molar-refractivity contribution in [2.75, 3.05) is 19.1 Å². The lowest BCUT2D eigenvalue weighted by Gasteiger charge is -2.22. The van der Waals surface area contributed by atoms with E-state index in [2.05, 4.69) is 24.0 Å². The SMILES string of the molecule is COc1ccc(CN(C)c2ccccc2C)c(O)c1. The van der Waals surface area contributed by atoms with Crippen molar-refractivity contribution in [1.82, 2.24) is 0 Å². The van der Waals surface area contributed by atoms with Crippen molar-refractivity contribution < 1.29 is 9.84 Å². The Hall–Kier alpha value is -2.16. The summed E-state index contributed by atoms with van der Waals surface area (Å²) in [6, 6.07) is 13.6. The van der Waals surface area contributed by atoms with E-state index in [0.29, 0.717) is 12.3 Å². The van der Waals surface area contributed by atoms with Gasteiger partial charge in [0.2, 0.25) is 0 Å². The maximum atomic E-state index is 9.98. The number of ether oxygens (including phenoxy) is 1. The van der Waals surface area contributed by atoms with Gasteiger partial charge in [0, 0.05) is 30.9 Å². The minimum absolute atomic E-state index is 0.264. The van der Waals surface area contributed by atoms with Gasteiger partial charge in [0.25, 0.3) is 0 Å². The van der Waals surface area contributed by atoms with Gasteiger partial charge in [-0.05, 0) is 30.7 Å². The molecule has 0 radical (unpaired) electrons. The summed E-state index contributed by atoms with van der Waals surface area (Å²) in [6.45, 7) is 2.74. The van der Waals surface area contributed by atoms with Crippen molar-refractivity contribution in [3.05, 3.63) is 53.6 Å². The molecule has 0 atom stereocenters. The molecule has 0 saturated heterocycles. The van der Waals surface area contributed by atoms with E-state index in [-0.39, 0.29) is 5.75 Å². The van der Waals surface area contributed by atoms with Gasteiger partial charge in [-0.15, -0.1) is 0 Å². The van der Waals surface area contributed by atoms with E-state index in [1.165, 1.54) is 5.56 Å². The van der Waals surface area contributed by atoms with Crippen LogP contribution in [0.4, 0.5) is 5.69 Å². The molecule has 0 aliphatic heterocycles. The van der Waals surface area contributed by atoms with Gasteiger partial charge >= 0.3 is 0 Å². The molecular weight excluding hydrogens is 238 g/mol. The fraction of sp³-hybridized carbons (Fsp3) is 0.250. The van der Waals surface area contributed by atoms with Gasteiger partial charge in [-0.3, -0.25) is 0 Å². The van der Waals surface area contributed by atoms with Crippen LogP contribution in [0.15, 0.2) is 42.5 Å². The zero-order valence-electron chi connectivity index (χ0n) is 11.6. The fourth-order valence-electron chi connectivity index (χ4n) is 2.14. The Morgan fingerprint density at radius 1 is 1.16 bits per heavy atom. The van der Waals surface area contributed by atoms with Crippen LogP contribution in [0, 0.1) is 6.92 Å². The fourth-order valence-corrected chi connectivity index (χ4v) is 2.14. The Bertz CT molecular complexity index is 566. The van der Waals surface area contributed by atoms with Crippen LogP contribution in [0.3, 0.4) is 0 Å². The van der Waals surface area contributed by atoms with Gasteiger partial charge in [0.05, 0.1) is 7.11 Å². The van der Waals surface area contributed by atoms with Crippen LogP contribution in [0.1, 0.15) is 11.1 Å². The highest BCUT2D eigenvalue weighted by molar-refractivity contribution is 5.53. The second kappa shape index (κ2) is 5.65. The zero-order valence-corrected chi connectivity index (χ0v) is 11.6. The van der Waals surface area contributed by atoms with E-state index in [1.807, 2.05) is 31.3 Å². The number of methoxy groups -OCH3 is 1.